The molecule has 1 unspecified atom stereocenters. The first-order valence-electron chi connectivity index (χ1n) is 5.88. The molecule has 0 aromatic heterocycles. The number of unbranched alkanes of at least 4 members (excludes halogenated alkanes) is 1. The van der Waals surface area contributed by atoms with Crippen molar-refractivity contribution in [2.24, 2.45) is 5.84 Å². The highest BCUT2D eigenvalue weighted by atomic mass is 16.5. The van der Waals surface area contributed by atoms with Crippen LogP contribution in [-0.4, -0.2) is 14.2 Å². The van der Waals surface area contributed by atoms with Gasteiger partial charge < -0.3 is 9.47 Å². The van der Waals surface area contributed by atoms with E-state index in [2.05, 4.69) is 11.3 Å². The summed E-state index contributed by atoms with van der Waals surface area (Å²) in [5.41, 5.74) is 3.81. The lowest BCUT2D eigenvalue weighted by Crippen LogP contribution is -2.28. The second-order valence-corrected chi connectivity index (χ2v) is 3.92. The minimum absolute atomic E-state index is 0.0270. The lowest BCUT2D eigenvalue weighted by Gasteiger charge is -2.19. The Hall–Kier alpha value is -1.70. The number of benzene rings is 1. The van der Waals surface area contributed by atoms with Gasteiger partial charge in [-0.3, -0.25) is 11.3 Å². The van der Waals surface area contributed by atoms with E-state index >= 15 is 0 Å². The molecule has 98 valence electrons. The second-order valence-electron chi connectivity index (χ2n) is 3.92. The fourth-order valence-electron chi connectivity index (χ4n) is 1.84. The van der Waals surface area contributed by atoms with Crippen LogP contribution in [0.25, 0.3) is 0 Å². The predicted octanol–water partition coefficient (Wildman–Crippen LogP) is 2.01. The lowest BCUT2D eigenvalue weighted by atomic mass is 10.0. The maximum atomic E-state index is 5.59. The molecule has 0 fully saturated rings. The van der Waals surface area contributed by atoms with Gasteiger partial charge in [0, 0.05) is 24.1 Å². The molecule has 1 atom stereocenters. The summed E-state index contributed by atoms with van der Waals surface area (Å²) in [5.74, 6) is 9.74. The maximum Gasteiger partial charge on any atom is 0.127 e. The van der Waals surface area contributed by atoms with E-state index in [1.165, 1.54) is 0 Å². The molecule has 3 N–H and O–H groups in total. The monoisotopic (exact) mass is 248 g/mol. The van der Waals surface area contributed by atoms with Crippen molar-refractivity contribution in [1.29, 1.82) is 0 Å². The smallest absolute Gasteiger partial charge is 0.127 e. The van der Waals surface area contributed by atoms with Crippen LogP contribution in [0.3, 0.4) is 0 Å². The van der Waals surface area contributed by atoms with Crippen LogP contribution in [-0.2, 0) is 0 Å². The van der Waals surface area contributed by atoms with Crippen LogP contribution in [0.2, 0.25) is 0 Å². The van der Waals surface area contributed by atoms with Crippen molar-refractivity contribution in [3.05, 3.63) is 23.8 Å². The molecule has 0 saturated heterocycles. The number of hydrogen-bond acceptors (Lipinski definition) is 4. The molecule has 1 aromatic carbocycles. The highest BCUT2D eigenvalue weighted by molar-refractivity contribution is 5.42. The lowest BCUT2D eigenvalue weighted by molar-refractivity contribution is 0.381. The van der Waals surface area contributed by atoms with E-state index in [1.54, 1.807) is 14.2 Å². The molecule has 0 heterocycles. The van der Waals surface area contributed by atoms with Crippen molar-refractivity contribution in [1.82, 2.24) is 5.43 Å². The van der Waals surface area contributed by atoms with Gasteiger partial charge in [0.15, 0.2) is 0 Å². The molecule has 0 aliphatic carbocycles. The molecule has 18 heavy (non-hydrogen) atoms. The number of ether oxygens (including phenoxy) is 2. The molecule has 1 aromatic rings. The van der Waals surface area contributed by atoms with E-state index in [9.17, 15) is 0 Å². The number of rotatable bonds is 7. The molecule has 4 nitrogen and oxygen atoms in total. The minimum Gasteiger partial charge on any atom is -0.497 e. The minimum atomic E-state index is 0.0270. The van der Waals surface area contributed by atoms with Crippen LogP contribution in [0.5, 0.6) is 11.5 Å². The fraction of sp³-hybridized carbons (Fsp3) is 0.429. The van der Waals surface area contributed by atoms with Gasteiger partial charge in [0.05, 0.1) is 14.2 Å². The Morgan fingerprint density at radius 3 is 2.72 bits per heavy atom. The third-order valence-corrected chi connectivity index (χ3v) is 2.83. The zero-order valence-corrected chi connectivity index (χ0v) is 10.9. The molecule has 0 aliphatic rings. The summed E-state index contributed by atoms with van der Waals surface area (Å²) >= 11 is 0. The first kappa shape index (κ1) is 14.4. The van der Waals surface area contributed by atoms with Gasteiger partial charge in [-0.25, -0.2) is 0 Å². The van der Waals surface area contributed by atoms with E-state index in [0.717, 1.165) is 36.3 Å². The van der Waals surface area contributed by atoms with Gasteiger partial charge in [-0.1, -0.05) is 6.07 Å². The summed E-state index contributed by atoms with van der Waals surface area (Å²) < 4.78 is 10.5. The first-order chi connectivity index (χ1) is 8.76. The molecular formula is C14H20N2O2. The topological polar surface area (TPSA) is 56.5 Å². The van der Waals surface area contributed by atoms with Crippen LogP contribution in [0.15, 0.2) is 18.2 Å². The standard InChI is InChI=1S/C14H20N2O2/c1-4-5-6-7-13(16-15)12-9-8-11(17-2)10-14(12)18-3/h1,8-10,13,16H,5-7,15H2,2-3H3. The Balaban J connectivity index is 2.87. The number of nitrogens with one attached hydrogen (secondary N) is 1. The molecule has 4 heteroatoms. The highest BCUT2D eigenvalue weighted by Crippen LogP contribution is 2.31. The van der Waals surface area contributed by atoms with Gasteiger partial charge >= 0.3 is 0 Å². The average molecular weight is 248 g/mol. The largest absolute Gasteiger partial charge is 0.497 e. The van der Waals surface area contributed by atoms with Crippen molar-refractivity contribution < 1.29 is 9.47 Å². The molecule has 0 spiro atoms. The summed E-state index contributed by atoms with van der Waals surface area (Å²) in [6.45, 7) is 0. The van der Waals surface area contributed by atoms with E-state index < -0.39 is 0 Å². The molecular weight excluding hydrogens is 228 g/mol. The third-order valence-electron chi connectivity index (χ3n) is 2.83. The summed E-state index contributed by atoms with van der Waals surface area (Å²) in [5, 5.41) is 0. The summed E-state index contributed by atoms with van der Waals surface area (Å²) in [6.07, 6.45) is 7.77. The zero-order chi connectivity index (χ0) is 13.4. The number of methoxy groups -OCH3 is 2. The number of hydrazine groups is 1. The highest BCUT2D eigenvalue weighted by Gasteiger charge is 2.15. The van der Waals surface area contributed by atoms with Gasteiger partial charge in [-0.05, 0) is 18.9 Å². The Bertz CT molecular complexity index is 413. The molecule has 0 bridgehead atoms. The Kier molecular flexibility index (Phi) is 6.06. The number of nitrogens with two attached hydrogens (primary N) is 1. The molecule has 1 rings (SSSR count). The van der Waals surface area contributed by atoms with Crippen molar-refractivity contribution >= 4 is 0 Å². The summed E-state index contributed by atoms with van der Waals surface area (Å²) in [7, 11) is 3.26. The quantitative estimate of drug-likeness (QED) is 0.335. The molecule has 0 radical (unpaired) electrons. The van der Waals surface area contributed by atoms with E-state index in [-0.39, 0.29) is 6.04 Å². The van der Waals surface area contributed by atoms with E-state index in [1.807, 2.05) is 18.2 Å². The third kappa shape index (κ3) is 3.66. The Morgan fingerprint density at radius 1 is 1.39 bits per heavy atom. The van der Waals surface area contributed by atoms with Gasteiger partial charge in [0.2, 0.25) is 0 Å². The normalized spacial score (nSPS) is 11.7. The first-order valence-corrected chi connectivity index (χ1v) is 5.88. The van der Waals surface area contributed by atoms with Crippen LogP contribution >= 0.6 is 0 Å². The number of hydrogen-bond donors (Lipinski definition) is 2. The maximum absolute atomic E-state index is 5.59. The van der Waals surface area contributed by atoms with Crippen molar-refractivity contribution in [3.8, 4) is 23.8 Å². The van der Waals surface area contributed by atoms with Crippen LogP contribution < -0.4 is 20.7 Å². The van der Waals surface area contributed by atoms with Crippen molar-refractivity contribution in [2.75, 3.05) is 14.2 Å². The van der Waals surface area contributed by atoms with Gasteiger partial charge in [0.1, 0.15) is 11.5 Å². The predicted molar refractivity (Wildman–Crippen MR) is 72.3 cm³/mol. The molecule has 0 aliphatic heterocycles. The van der Waals surface area contributed by atoms with Crippen LogP contribution in [0.1, 0.15) is 30.9 Å². The Labute approximate surface area is 108 Å². The Morgan fingerprint density at radius 2 is 2.17 bits per heavy atom. The summed E-state index contributed by atoms with van der Waals surface area (Å²) in [6, 6.07) is 5.72. The molecule has 0 amide bonds. The fourth-order valence-corrected chi connectivity index (χ4v) is 1.84. The average Bonchev–Trinajstić information content (AvgIpc) is 2.43. The van der Waals surface area contributed by atoms with Crippen molar-refractivity contribution in [2.45, 2.75) is 25.3 Å². The SMILES string of the molecule is C#CCCCC(NN)c1ccc(OC)cc1OC. The second kappa shape index (κ2) is 7.59. The van der Waals surface area contributed by atoms with E-state index in [4.69, 9.17) is 21.7 Å². The van der Waals surface area contributed by atoms with Crippen molar-refractivity contribution in [3.63, 3.8) is 0 Å². The van der Waals surface area contributed by atoms with Crippen LogP contribution in [0.4, 0.5) is 0 Å². The van der Waals surface area contributed by atoms with Gasteiger partial charge in [0.25, 0.3) is 0 Å². The summed E-state index contributed by atoms with van der Waals surface area (Å²) in [4.78, 5) is 0. The molecule has 0 saturated carbocycles. The van der Waals surface area contributed by atoms with Gasteiger partial charge in [-0.15, -0.1) is 12.3 Å². The van der Waals surface area contributed by atoms with E-state index in [0.29, 0.717) is 0 Å². The van der Waals surface area contributed by atoms with Gasteiger partial charge in [-0.2, -0.15) is 0 Å². The number of terminal acetylenes is 1. The van der Waals surface area contributed by atoms with Crippen LogP contribution in [0, 0.1) is 12.3 Å². The zero-order valence-electron chi connectivity index (χ0n) is 10.9.